The number of fused-ring (bicyclic) bond motifs is 1. The van der Waals surface area contributed by atoms with Crippen LogP contribution in [0.3, 0.4) is 0 Å². The Morgan fingerprint density at radius 3 is 2.59 bits per heavy atom. The van der Waals surface area contributed by atoms with Crippen LogP contribution in [0.4, 0.5) is 5.82 Å². The molecule has 0 aliphatic heterocycles. The molecule has 146 valence electrons. The summed E-state index contributed by atoms with van der Waals surface area (Å²) in [5.74, 6) is -0.0811. The van der Waals surface area contributed by atoms with Gasteiger partial charge >= 0.3 is 5.97 Å². The van der Waals surface area contributed by atoms with Crippen molar-refractivity contribution in [3.8, 4) is 5.95 Å². The minimum Gasteiger partial charge on any atom is -0.478 e. The Bertz CT molecular complexity index is 1200. The van der Waals surface area contributed by atoms with E-state index < -0.39 is 5.97 Å². The molecule has 2 aromatic carbocycles. The summed E-state index contributed by atoms with van der Waals surface area (Å²) < 4.78 is 1.35. The first kappa shape index (κ1) is 18.9. The van der Waals surface area contributed by atoms with Crippen molar-refractivity contribution >= 4 is 34.3 Å². The predicted molar refractivity (Wildman–Crippen MR) is 112 cm³/mol. The molecule has 8 heteroatoms. The Balaban J connectivity index is 1.84. The normalized spacial score (nSPS) is 11.0. The Hall–Kier alpha value is -3.45. The number of benzene rings is 2. The number of aromatic nitrogens is 4. The van der Waals surface area contributed by atoms with Crippen molar-refractivity contribution < 1.29 is 9.90 Å². The topological polar surface area (TPSA) is 84.1 Å². The smallest absolute Gasteiger partial charge is 0.338 e. The number of aromatic carboxylic acids is 1. The van der Waals surface area contributed by atoms with Gasteiger partial charge in [-0.15, -0.1) is 0 Å². The maximum absolute atomic E-state index is 11.1. The molecule has 4 aromatic rings. The van der Waals surface area contributed by atoms with Crippen molar-refractivity contribution in [2.75, 3.05) is 19.0 Å². The molecule has 1 N–H and O–H groups in total. The van der Waals surface area contributed by atoms with Crippen molar-refractivity contribution in [2.45, 2.75) is 6.42 Å². The first-order chi connectivity index (χ1) is 13.9. The van der Waals surface area contributed by atoms with Crippen LogP contribution in [-0.2, 0) is 6.42 Å². The van der Waals surface area contributed by atoms with E-state index in [1.807, 2.05) is 49.3 Å². The largest absolute Gasteiger partial charge is 0.478 e. The fourth-order valence-corrected chi connectivity index (χ4v) is 3.33. The van der Waals surface area contributed by atoms with Gasteiger partial charge in [-0.1, -0.05) is 41.9 Å². The first-order valence-electron chi connectivity index (χ1n) is 8.92. The van der Waals surface area contributed by atoms with Crippen LogP contribution in [0.15, 0.2) is 54.9 Å². The lowest BCUT2D eigenvalue weighted by Crippen LogP contribution is -2.14. The number of hydrogen-bond donors (Lipinski definition) is 1. The molecule has 0 amide bonds. The van der Waals surface area contributed by atoms with E-state index in [-0.39, 0.29) is 11.5 Å². The molecule has 2 aromatic heterocycles. The Kier molecular flexibility index (Phi) is 4.90. The minimum atomic E-state index is -1.06. The van der Waals surface area contributed by atoms with E-state index in [0.29, 0.717) is 22.8 Å². The molecule has 4 rings (SSSR count). The highest BCUT2D eigenvalue weighted by Gasteiger charge is 2.16. The molecule has 0 saturated carbocycles. The number of hydrogen-bond acceptors (Lipinski definition) is 5. The van der Waals surface area contributed by atoms with Gasteiger partial charge in [-0.3, -0.25) is 0 Å². The zero-order valence-electron chi connectivity index (χ0n) is 15.9. The van der Waals surface area contributed by atoms with Crippen molar-refractivity contribution in [2.24, 2.45) is 0 Å². The lowest BCUT2D eigenvalue weighted by atomic mass is 10.0. The van der Waals surface area contributed by atoms with Gasteiger partial charge < -0.3 is 10.0 Å². The van der Waals surface area contributed by atoms with Crippen molar-refractivity contribution in [3.05, 3.63) is 76.6 Å². The summed E-state index contributed by atoms with van der Waals surface area (Å²) >= 11 is 6.55. The number of rotatable bonds is 5. The predicted octanol–water partition coefficient (Wildman–Crippen LogP) is 3.82. The van der Waals surface area contributed by atoms with Gasteiger partial charge in [-0.2, -0.15) is 10.1 Å². The lowest BCUT2D eigenvalue weighted by Gasteiger charge is -2.17. The van der Waals surface area contributed by atoms with Crippen LogP contribution >= 0.6 is 11.6 Å². The molecule has 0 atom stereocenters. The number of carbonyl (C=O) groups is 1. The molecule has 0 spiro atoms. The van der Waals surface area contributed by atoms with Gasteiger partial charge in [-0.25, -0.2) is 14.5 Å². The summed E-state index contributed by atoms with van der Waals surface area (Å²) in [5.41, 5.74) is 2.87. The molecule has 0 aliphatic carbocycles. The van der Waals surface area contributed by atoms with Crippen molar-refractivity contribution in [1.82, 2.24) is 19.7 Å². The summed E-state index contributed by atoms with van der Waals surface area (Å²) in [6.07, 6.45) is 3.35. The van der Waals surface area contributed by atoms with Crippen LogP contribution in [-0.4, -0.2) is 44.9 Å². The molecule has 29 heavy (non-hydrogen) atoms. The molecular formula is C21H18ClN5O2. The van der Waals surface area contributed by atoms with Crippen LogP contribution in [0.2, 0.25) is 5.02 Å². The molecule has 0 unspecified atom stereocenters. The third-order valence-corrected chi connectivity index (χ3v) is 4.88. The second-order valence-corrected chi connectivity index (χ2v) is 7.25. The standard InChI is InChI=1S/C21H18ClN5O2/c1-26(2)19-16-9-14(8-13-6-4-3-5-7-13)17(22)10-18(16)24-21(25-19)27-12-15(11-23-27)20(28)29/h3-7,9-12H,8H2,1-2H3,(H,28,29). The number of halogens is 1. The van der Waals surface area contributed by atoms with Gasteiger partial charge in [0.25, 0.3) is 5.95 Å². The molecule has 0 fully saturated rings. The van der Waals surface area contributed by atoms with Crippen LogP contribution in [0.5, 0.6) is 0 Å². The number of carboxylic acid groups (broad SMARTS) is 1. The van der Waals surface area contributed by atoms with Gasteiger partial charge in [0.1, 0.15) is 5.82 Å². The number of anilines is 1. The van der Waals surface area contributed by atoms with Gasteiger partial charge in [0.15, 0.2) is 0 Å². The summed E-state index contributed by atoms with van der Waals surface area (Å²) in [5, 5.41) is 14.7. The Morgan fingerprint density at radius 1 is 1.17 bits per heavy atom. The molecule has 2 heterocycles. The number of nitrogens with zero attached hydrogens (tertiary/aromatic N) is 5. The number of carboxylic acids is 1. The third-order valence-electron chi connectivity index (χ3n) is 4.53. The maximum Gasteiger partial charge on any atom is 0.338 e. The highest BCUT2D eigenvalue weighted by atomic mass is 35.5. The van der Waals surface area contributed by atoms with E-state index in [9.17, 15) is 4.79 Å². The zero-order valence-corrected chi connectivity index (χ0v) is 16.6. The minimum absolute atomic E-state index is 0.0661. The Morgan fingerprint density at radius 2 is 1.93 bits per heavy atom. The lowest BCUT2D eigenvalue weighted by molar-refractivity contribution is 0.0697. The van der Waals surface area contributed by atoms with E-state index in [0.717, 1.165) is 16.5 Å². The third kappa shape index (κ3) is 3.77. The second-order valence-electron chi connectivity index (χ2n) is 6.84. The van der Waals surface area contributed by atoms with E-state index in [1.54, 1.807) is 0 Å². The Labute approximate surface area is 172 Å². The monoisotopic (exact) mass is 407 g/mol. The van der Waals surface area contributed by atoms with E-state index >= 15 is 0 Å². The van der Waals surface area contributed by atoms with Crippen molar-refractivity contribution in [3.63, 3.8) is 0 Å². The van der Waals surface area contributed by atoms with Crippen LogP contribution in [0, 0.1) is 0 Å². The highest BCUT2D eigenvalue weighted by Crippen LogP contribution is 2.30. The molecule has 0 saturated heterocycles. The van der Waals surface area contributed by atoms with Crippen LogP contribution in [0.1, 0.15) is 21.5 Å². The van der Waals surface area contributed by atoms with E-state index in [2.05, 4.69) is 27.2 Å². The van der Waals surface area contributed by atoms with Crippen LogP contribution < -0.4 is 4.90 Å². The van der Waals surface area contributed by atoms with Gasteiger partial charge in [0.2, 0.25) is 0 Å². The molecule has 0 radical (unpaired) electrons. The summed E-state index contributed by atoms with van der Waals surface area (Å²) in [7, 11) is 3.78. The molecule has 0 bridgehead atoms. The van der Waals surface area contributed by atoms with E-state index in [1.165, 1.54) is 17.1 Å². The zero-order chi connectivity index (χ0) is 20.5. The summed E-state index contributed by atoms with van der Waals surface area (Å²) in [6.45, 7) is 0. The molecule has 0 aliphatic rings. The van der Waals surface area contributed by atoms with Gasteiger partial charge in [0, 0.05) is 30.7 Å². The van der Waals surface area contributed by atoms with E-state index in [4.69, 9.17) is 16.7 Å². The highest BCUT2D eigenvalue weighted by molar-refractivity contribution is 6.32. The first-order valence-corrected chi connectivity index (χ1v) is 9.30. The SMILES string of the molecule is CN(C)c1nc(-n2cc(C(=O)O)cn2)nc2cc(Cl)c(Cc3ccccc3)cc12. The average molecular weight is 408 g/mol. The maximum atomic E-state index is 11.1. The quantitative estimate of drug-likeness (QED) is 0.541. The average Bonchev–Trinajstić information content (AvgIpc) is 3.19. The van der Waals surface area contributed by atoms with Gasteiger partial charge in [0.05, 0.1) is 17.3 Å². The summed E-state index contributed by atoms with van der Waals surface area (Å²) in [4.78, 5) is 22.2. The fourth-order valence-electron chi connectivity index (χ4n) is 3.10. The van der Waals surface area contributed by atoms with Crippen LogP contribution in [0.25, 0.3) is 16.9 Å². The summed E-state index contributed by atoms with van der Waals surface area (Å²) in [6, 6.07) is 13.9. The van der Waals surface area contributed by atoms with Gasteiger partial charge in [-0.05, 0) is 29.7 Å². The fraction of sp³-hybridized carbons (Fsp3) is 0.143. The molecule has 7 nitrogen and oxygen atoms in total. The molecular weight excluding hydrogens is 390 g/mol. The second kappa shape index (κ2) is 7.52. The van der Waals surface area contributed by atoms with Crippen molar-refractivity contribution in [1.29, 1.82) is 0 Å².